The lowest BCUT2D eigenvalue weighted by molar-refractivity contribution is 0.0767. The first-order valence-electron chi connectivity index (χ1n) is 7.84. The van der Waals surface area contributed by atoms with E-state index in [1.54, 1.807) is 21.9 Å². The van der Waals surface area contributed by atoms with E-state index in [-0.39, 0.29) is 17.4 Å². The Labute approximate surface area is 146 Å². The Kier molecular flexibility index (Phi) is 5.92. The average molecular weight is 358 g/mol. The zero-order valence-corrected chi connectivity index (χ0v) is 15.5. The molecule has 1 N–H and O–H groups in total. The molecule has 1 aliphatic heterocycles. The van der Waals surface area contributed by atoms with Crippen LogP contribution in [0.5, 0.6) is 0 Å². The molecule has 0 unspecified atom stereocenters. The van der Waals surface area contributed by atoms with Crippen molar-refractivity contribution >= 4 is 34.9 Å². The quantitative estimate of drug-likeness (QED) is 0.882. The molecule has 2 heterocycles. The number of thiophene rings is 1. The van der Waals surface area contributed by atoms with Crippen molar-refractivity contribution < 1.29 is 9.59 Å². The molecule has 1 aromatic heterocycles. The molecule has 1 fully saturated rings. The molecule has 3 amide bonds. The van der Waals surface area contributed by atoms with Gasteiger partial charge in [-0.2, -0.15) is 0 Å². The van der Waals surface area contributed by atoms with Crippen LogP contribution in [0.15, 0.2) is 12.1 Å². The fourth-order valence-corrected chi connectivity index (χ4v) is 3.37. The Balaban J connectivity index is 1.89. The van der Waals surface area contributed by atoms with Crippen LogP contribution >= 0.6 is 22.9 Å². The lowest BCUT2D eigenvalue weighted by atomic mass is 9.97. The van der Waals surface area contributed by atoms with Crippen molar-refractivity contribution in [2.45, 2.75) is 27.2 Å². The van der Waals surface area contributed by atoms with E-state index < -0.39 is 0 Å². The van der Waals surface area contributed by atoms with Crippen LogP contribution in [0.4, 0.5) is 4.79 Å². The second kappa shape index (κ2) is 7.53. The highest BCUT2D eigenvalue weighted by Crippen LogP contribution is 2.23. The minimum atomic E-state index is -0.0478. The number of rotatable bonds is 2. The van der Waals surface area contributed by atoms with Crippen molar-refractivity contribution in [3.63, 3.8) is 0 Å². The van der Waals surface area contributed by atoms with Gasteiger partial charge in [-0.15, -0.1) is 11.3 Å². The number of hydrogen-bond acceptors (Lipinski definition) is 3. The van der Waals surface area contributed by atoms with Gasteiger partial charge < -0.3 is 15.1 Å². The molecule has 23 heavy (non-hydrogen) atoms. The zero-order valence-electron chi connectivity index (χ0n) is 13.9. The van der Waals surface area contributed by atoms with Gasteiger partial charge in [0.15, 0.2) is 0 Å². The highest BCUT2D eigenvalue weighted by atomic mass is 35.5. The summed E-state index contributed by atoms with van der Waals surface area (Å²) in [5.74, 6) is -0.00107. The van der Waals surface area contributed by atoms with Crippen LogP contribution in [-0.2, 0) is 0 Å². The summed E-state index contributed by atoms with van der Waals surface area (Å²) in [6.07, 6.45) is 0.786. The SMILES string of the molecule is CC(C)(C)CNC(=O)N1CCCN(C(=O)c2ccc(Cl)s2)CC1. The molecule has 0 spiro atoms. The summed E-state index contributed by atoms with van der Waals surface area (Å²) in [5.41, 5.74) is 0.0575. The molecule has 0 radical (unpaired) electrons. The monoisotopic (exact) mass is 357 g/mol. The second-order valence-electron chi connectivity index (χ2n) is 6.96. The molecular formula is C16H24ClN3O2S. The molecule has 5 nitrogen and oxygen atoms in total. The van der Waals surface area contributed by atoms with Gasteiger partial charge in [0.05, 0.1) is 9.21 Å². The molecular weight excluding hydrogens is 334 g/mol. The van der Waals surface area contributed by atoms with Gasteiger partial charge in [-0.1, -0.05) is 32.4 Å². The molecule has 7 heteroatoms. The van der Waals surface area contributed by atoms with Crippen molar-refractivity contribution in [1.82, 2.24) is 15.1 Å². The fourth-order valence-electron chi connectivity index (χ4n) is 2.36. The van der Waals surface area contributed by atoms with Gasteiger partial charge in [0.25, 0.3) is 5.91 Å². The van der Waals surface area contributed by atoms with Crippen molar-refractivity contribution in [2.24, 2.45) is 5.41 Å². The summed E-state index contributed by atoms with van der Waals surface area (Å²) in [7, 11) is 0. The Hall–Kier alpha value is -1.27. The fraction of sp³-hybridized carbons (Fsp3) is 0.625. The molecule has 0 aromatic carbocycles. The van der Waals surface area contributed by atoms with Crippen LogP contribution in [0.1, 0.15) is 36.9 Å². The molecule has 128 valence electrons. The van der Waals surface area contributed by atoms with Crippen LogP contribution in [0.3, 0.4) is 0 Å². The van der Waals surface area contributed by atoms with E-state index in [0.29, 0.717) is 41.9 Å². The van der Waals surface area contributed by atoms with Crippen LogP contribution in [0, 0.1) is 5.41 Å². The number of hydrogen-bond donors (Lipinski definition) is 1. The zero-order chi connectivity index (χ0) is 17.0. The molecule has 1 aliphatic rings. The van der Waals surface area contributed by atoms with Crippen molar-refractivity contribution in [1.29, 1.82) is 0 Å². The van der Waals surface area contributed by atoms with E-state index in [1.807, 2.05) is 0 Å². The summed E-state index contributed by atoms with van der Waals surface area (Å²) in [4.78, 5) is 29.0. The van der Waals surface area contributed by atoms with E-state index in [9.17, 15) is 9.59 Å². The maximum Gasteiger partial charge on any atom is 0.317 e. The summed E-state index contributed by atoms with van der Waals surface area (Å²) >= 11 is 7.19. The van der Waals surface area contributed by atoms with E-state index >= 15 is 0 Å². The lowest BCUT2D eigenvalue weighted by Gasteiger charge is -2.25. The molecule has 0 bridgehead atoms. The number of amides is 3. The first kappa shape index (κ1) is 18.1. The number of urea groups is 1. The number of nitrogens with one attached hydrogen (secondary N) is 1. The molecule has 1 saturated heterocycles. The number of carbonyl (C=O) groups excluding carboxylic acids is 2. The maximum absolute atomic E-state index is 12.5. The van der Waals surface area contributed by atoms with E-state index in [1.165, 1.54) is 11.3 Å². The van der Waals surface area contributed by atoms with Gasteiger partial charge in [0, 0.05) is 32.7 Å². The van der Waals surface area contributed by atoms with Gasteiger partial charge in [-0.3, -0.25) is 4.79 Å². The lowest BCUT2D eigenvalue weighted by Crippen LogP contribution is -2.44. The summed E-state index contributed by atoms with van der Waals surface area (Å²) in [6, 6.07) is 3.45. The normalized spacial score (nSPS) is 16.2. The topological polar surface area (TPSA) is 52.7 Å². The van der Waals surface area contributed by atoms with Gasteiger partial charge >= 0.3 is 6.03 Å². The third kappa shape index (κ3) is 5.39. The van der Waals surface area contributed by atoms with E-state index in [0.717, 1.165) is 6.42 Å². The molecule has 0 saturated carbocycles. The van der Waals surface area contributed by atoms with E-state index in [4.69, 9.17) is 11.6 Å². The van der Waals surface area contributed by atoms with Crippen LogP contribution in [0.2, 0.25) is 4.34 Å². The van der Waals surface area contributed by atoms with E-state index in [2.05, 4.69) is 26.1 Å². The highest BCUT2D eigenvalue weighted by molar-refractivity contribution is 7.17. The Morgan fingerprint density at radius 2 is 1.83 bits per heavy atom. The minimum absolute atomic E-state index is 0.00107. The van der Waals surface area contributed by atoms with Gasteiger partial charge in [-0.05, 0) is 24.0 Å². The molecule has 2 rings (SSSR count). The number of carbonyl (C=O) groups is 2. The summed E-state index contributed by atoms with van der Waals surface area (Å²) < 4.78 is 0.617. The Morgan fingerprint density at radius 1 is 1.17 bits per heavy atom. The predicted molar refractivity (Wildman–Crippen MR) is 94.3 cm³/mol. The highest BCUT2D eigenvalue weighted by Gasteiger charge is 2.24. The molecule has 0 atom stereocenters. The Morgan fingerprint density at radius 3 is 2.43 bits per heavy atom. The maximum atomic E-state index is 12.5. The molecule has 1 aromatic rings. The van der Waals surface area contributed by atoms with Crippen LogP contribution < -0.4 is 5.32 Å². The predicted octanol–water partition coefficient (Wildman–Crippen LogP) is 3.31. The number of halogens is 1. The Bertz CT molecular complexity index is 568. The van der Waals surface area contributed by atoms with Crippen molar-refractivity contribution in [2.75, 3.05) is 32.7 Å². The first-order valence-corrected chi connectivity index (χ1v) is 9.03. The second-order valence-corrected chi connectivity index (χ2v) is 8.67. The smallest absolute Gasteiger partial charge is 0.317 e. The standard InChI is InChI=1S/C16H24ClN3O2S/c1-16(2,3)11-18-15(22)20-8-4-7-19(9-10-20)14(21)12-5-6-13(17)23-12/h5-6H,4,7-11H2,1-3H3,(H,18,22). The largest absolute Gasteiger partial charge is 0.337 e. The van der Waals surface area contributed by atoms with Gasteiger partial charge in [0.2, 0.25) is 0 Å². The van der Waals surface area contributed by atoms with Crippen molar-refractivity contribution in [3.8, 4) is 0 Å². The summed E-state index contributed by atoms with van der Waals surface area (Å²) in [5, 5.41) is 2.97. The van der Waals surface area contributed by atoms with Gasteiger partial charge in [0.1, 0.15) is 0 Å². The average Bonchev–Trinajstić information content (AvgIpc) is 2.76. The number of nitrogens with zero attached hydrogens (tertiary/aromatic N) is 2. The van der Waals surface area contributed by atoms with Crippen LogP contribution in [0.25, 0.3) is 0 Å². The third-order valence-electron chi connectivity index (χ3n) is 3.62. The summed E-state index contributed by atoms with van der Waals surface area (Å²) in [6.45, 7) is 9.34. The third-order valence-corrected chi connectivity index (χ3v) is 4.84. The van der Waals surface area contributed by atoms with Crippen LogP contribution in [-0.4, -0.2) is 54.5 Å². The first-order chi connectivity index (χ1) is 10.8. The molecule has 0 aliphatic carbocycles. The minimum Gasteiger partial charge on any atom is -0.337 e. The van der Waals surface area contributed by atoms with Crippen molar-refractivity contribution in [3.05, 3.63) is 21.3 Å². The van der Waals surface area contributed by atoms with Gasteiger partial charge in [-0.25, -0.2) is 4.79 Å².